The zero-order valence-corrected chi connectivity index (χ0v) is 18.3. The van der Waals surface area contributed by atoms with Crippen LogP contribution in [0.1, 0.15) is 36.8 Å². The quantitative estimate of drug-likeness (QED) is 0.472. The average Bonchev–Trinajstić information content (AvgIpc) is 2.75. The van der Waals surface area contributed by atoms with E-state index < -0.39 is 11.7 Å². The molecule has 3 aromatic rings. The lowest BCUT2D eigenvalue weighted by Gasteiger charge is -2.26. The van der Waals surface area contributed by atoms with Crippen molar-refractivity contribution >= 4 is 34.3 Å². The lowest BCUT2D eigenvalue weighted by molar-refractivity contribution is -0.137. The van der Waals surface area contributed by atoms with Crippen molar-refractivity contribution in [2.24, 2.45) is 0 Å². The van der Waals surface area contributed by atoms with Crippen molar-refractivity contribution in [3.63, 3.8) is 0 Å². The highest BCUT2D eigenvalue weighted by molar-refractivity contribution is 7.97. The number of nitrogens with one attached hydrogen (secondary N) is 1. The second kappa shape index (κ2) is 9.54. The third-order valence-corrected chi connectivity index (χ3v) is 6.03. The monoisotopic (exact) mass is 463 g/mol. The first kappa shape index (κ1) is 22.7. The fraction of sp³-hybridized carbons (Fsp3) is 0.391. The average molecular weight is 464 g/mol. The molecule has 0 bridgehead atoms. The lowest BCUT2D eigenvalue weighted by atomic mass is 9.95. The van der Waals surface area contributed by atoms with Crippen LogP contribution in [0.4, 0.5) is 24.8 Å². The van der Waals surface area contributed by atoms with Crippen LogP contribution in [0.25, 0.3) is 10.9 Å². The minimum absolute atomic E-state index is 0.156. The molecule has 1 aliphatic rings. The topological polar surface area (TPSA) is 67.3 Å². The molecule has 1 fully saturated rings. The van der Waals surface area contributed by atoms with Crippen molar-refractivity contribution < 1.29 is 23.0 Å². The van der Waals surface area contributed by atoms with Crippen LogP contribution in [0.5, 0.6) is 5.88 Å². The van der Waals surface area contributed by atoms with Crippen LogP contribution >= 0.6 is 11.8 Å². The fourth-order valence-corrected chi connectivity index (χ4v) is 4.29. The Hall–Kier alpha value is -2.52. The van der Waals surface area contributed by atoms with Gasteiger partial charge in [-0.15, -0.1) is 0 Å². The van der Waals surface area contributed by atoms with E-state index in [1.54, 1.807) is 11.8 Å². The van der Waals surface area contributed by atoms with Gasteiger partial charge in [0.05, 0.1) is 22.6 Å². The molecule has 0 unspecified atom stereocenters. The van der Waals surface area contributed by atoms with Crippen LogP contribution in [0.2, 0.25) is 0 Å². The van der Waals surface area contributed by atoms with Gasteiger partial charge >= 0.3 is 6.18 Å². The van der Waals surface area contributed by atoms with Crippen molar-refractivity contribution in [2.45, 2.75) is 49.8 Å². The second-order valence-corrected chi connectivity index (χ2v) is 8.75. The molecule has 0 saturated heterocycles. The molecule has 1 saturated carbocycles. The van der Waals surface area contributed by atoms with Gasteiger partial charge in [-0.3, -0.25) is 0 Å². The van der Waals surface area contributed by atoms with Gasteiger partial charge in [0.25, 0.3) is 0 Å². The molecule has 0 atom stereocenters. The smallest absolute Gasteiger partial charge is 0.416 e. The summed E-state index contributed by atoms with van der Waals surface area (Å²) in [6, 6.07) is 11.1. The van der Waals surface area contributed by atoms with E-state index in [4.69, 9.17) is 4.74 Å². The molecule has 1 aromatic heterocycles. The van der Waals surface area contributed by atoms with E-state index in [0.29, 0.717) is 31.1 Å². The number of nitrogens with zero attached hydrogens (tertiary/aromatic N) is 2. The zero-order chi connectivity index (χ0) is 22.7. The molecule has 1 heterocycles. The Balaban J connectivity index is 1.70. The first-order valence-corrected chi connectivity index (χ1v) is 11.8. The minimum atomic E-state index is -4.47. The van der Waals surface area contributed by atoms with Crippen LogP contribution < -0.4 is 10.1 Å². The summed E-state index contributed by atoms with van der Waals surface area (Å²) in [5.74, 6) is 1.25. The molecule has 5 nitrogen and oxygen atoms in total. The number of aromatic nitrogens is 2. The van der Waals surface area contributed by atoms with Crippen LogP contribution in [-0.4, -0.2) is 33.5 Å². The van der Waals surface area contributed by atoms with E-state index in [9.17, 15) is 18.3 Å². The normalized spacial score (nSPS) is 19.2. The highest BCUT2D eigenvalue weighted by Gasteiger charge is 2.31. The number of benzene rings is 2. The largest absolute Gasteiger partial charge is 0.474 e. The molecule has 1 aliphatic carbocycles. The number of halogens is 3. The Bertz CT molecular complexity index is 1090. The van der Waals surface area contributed by atoms with Gasteiger partial charge < -0.3 is 15.2 Å². The highest BCUT2D eigenvalue weighted by atomic mass is 32.2. The van der Waals surface area contributed by atoms with Crippen LogP contribution in [0.15, 0.2) is 42.5 Å². The third-order valence-electron chi connectivity index (χ3n) is 5.41. The number of aliphatic hydroxyl groups excluding tert-OH is 1. The van der Waals surface area contributed by atoms with Crippen molar-refractivity contribution in [1.82, 2.24) is 9.97 Å². The predicted octanol–water partition coefficient (Wildman–Crippen LogP) is 5.94. The molecule has 0 spiro atoms. The number of aliphatic hydroxyl groups is 1. The van der Waals surface area contributed by atoms with Gasteiger partial charge in [0.1, 0.15) is 6.10 Å². The molecule has 2 aromatic carbocycles. The summed E-state index contributed by atoms with van der Waals surface area (Å²) in [7, 11) is 0. The van der Waals surface area contributed by atoms with Gasteiger partial charge in [0, 0.05) is 11.4 Å². The molecule has 32 heavy (non-hydrogen) atoms. The summed E-state index contributed by atoms with van der Waals surface area (Å²) in [5, 5.41) is 13.3. The number of rotatable bonds is 6. The maximum Gasteiger partial charge on any atom is 0.416 e. The summed E-state index contributed by atoms with van der Waals surface area (Å²) >= 11 is 1.69. The van der Waals surface area contributed by atoms with Crippen molar-refractivity contribution in [3.8, 4) is 5.88 Å². The first-order chi connectivity index (χ1) is 15.3. The van der Waals surface area contributed by atoms with E-state index in [0.717, 1.165) is 29.1 Å². The van der Waals surface area contributed by atoms with Crippen LogP contribution in [0, 0.1) is 0 Å². The number of anilines is 2. The molecule has 0 aliphatic heterocycles. The summed E-state index contributed by atoms with van der Waals surface area (Å²) in [6.45, 7) is 0. The lowest BCUT2D eigenvalue weighted by Crippen LogP contribution is -2.27. The Morgan fingerprint density at radius 3 is 2.59 bits per heavy atom. The van der Waals surface area contributed by atoms with Crippen LogP contribution in [-0.2, 0) is 11.9 Å². The summed E-state index contributed by atoms with van der Waals surface area (Å²) in [6.07, 6.45) is -0.385. The zero-order valence-electron chi connectivity index (χ0n) is 17.5. The van der Waals surface area contributed by atoms with Crippen molar-refractivity contribution in [2.75, 3.05) is 11.6 Å². The van der Waals surface area contributed by atoms with Gasteiger partial charge in [-0.1, -0.05) is 12.1 Å². The van der Waals surface area contributed by atoms with E-state index in [2.05, 4.69) is 15.3 Å². The Labute approximate surface area is 188 Å². The molecular formula is C23H24F3N3O2S. The molecule has 0 amide bonds. The summed E-state index contributed by atoms with van der Waals surface area (Å²) in [5.41, 5.74) is 1.24. The van der Waals surface area contributed by atoms with Crippen molar-refractivity contribution in [3.05, 3.63) is 53.6 Å². The van der Waals surface area contributed by atoms with Gasteiger partial charge in [0.15, 0.2) is 0 Å². The number of alkyl halides is 3. The number of hydrogen-bond acceptors (Lipinski definition) is 6. The SMILES string of the molecule is CSCc1cccc(Nc2nc(OC3CCC(O)CC3)c3ccc(C(F)(F)F)cc3n2)c1. The molecule has 9 heteroatoms. The summed E-state index contributed by atoms with van der Waals surface area (Å²) in [4.78, 5) is 8.82. The van der Waals surface area contributed by atoms with Crippen molar-refractivity contribution in [1.29, 1.82) is 0 Å². The number of ether oxygens (including phenoxy) is 1. The number of fused-ring (bicyclic) bond motifs is 1. The van der Waals surface area contributed by atoms with Gasteiger partial charge in [-0.2, -0.15) is 29.9 Å². The van der Waals surface area contributed by atoms with Crippen LogP contribution in [0.3, 0.4) is 0 Å². The number of thioether (sulfide) groups is 1. The maximum absolute atomic E-state index is 13.3. The third kappa shape index (κ3) is 5.45. The summed E-state index contributed by atoms with van der Waals surface area (Å²) < 4.78 is 45.9. The second-order valence-electron chi connectivity index (χ2n) is 7.89. The maximum atomic E-state index is 13.3. The first-order valence-electron chi connectivity index (χ1n) is 10.4. The minimum Gasteiger partial charge on any atom is -0.474 e. The molecule has 170 valence electrons. The molecule has 4 rings (SSSR count). The van der Waals surface area contributed by atoms with E-state index in [1.807, 2.05) is 30.5 Å². The molecular weight excluding hydrogens is 439 g/mol. The van der Waals surface area contributed by atoms with E-state index in [-0.39, 0.29) is 29.6 Å². The standard InChI is InChI=1S/C23H24F3N3O2S/c1-32-13-14-3-2-4-16(11-14)27-22-28-20-12-15(23(24,25)26)5-10-19(20)21(29-22)31-18-8-6-17(30)7-9-18/h2-5,10-12,17-18,30H,6-9,13H2,1H3,(H,27,28,29). The molecule has 0 radical (unpaired) electrons. The highest BCUT2D eigenvalue weighted by Crippen LogP contribution is 2.35. The van der Waals surface area contributed by atoms with Gasteiger partial charge in [-0.05, 0) is 67.8 Å². The van der Waals surface area contributed by atoms with E-state index >= 15 is 0 Å². The van der Waals surface area contributed by atoms with Gasteiger partial charge in [-0.25, -0.2) is 4.98 Å². The van der Waals surface area contributed by atoms with Gasteiger partial charge in [0.2, 0.25) is 11.8 Å². The predicted molar refractivity (Wildman–Crippen MR) is 120 cm³/mol. The molecule has 2 N–H and O–H groups in total. The Morgan fingerprint density at radius 2 is 1.88 bits per heavy atom. The Morgan fingerprint density at radius 1 is 1.09 bits per heavy atom. The number of hydrogen-bond donors (Lipinski definition) is 2. The fourth-order valence-electron chi connectivity index (χ4n) is 3.78. The Kier molecular flexibility index (Phi) is 6.76. The van der Waals surface area contributed by atoms with E-state index in [1.165, 1.54) is 6.07 Å².